The number of aliphatic imine (C=N–C) groups is 1. The van der Waals surface area contributed by atoms with Gasteiger partial charge in [-0.25, -0.2) is 0 Å². The minimum Gasteiger partial charge on any atom is -0.288 e. The highest BCUT2D eigenvalue weighted by Gasteiger charge is 2.09. The molecular weight excluding hydrogens is 202 g/mol. The van der Waals surface area contributed by atoms with Crippen LogP contribution in [0.1, 0.15) is 16.7 Å². The Balaban J connectivity index is 2.70. The van der Waals surface area contributed by atoms with Gasteiger partial charge in [0.15, 0.2) is 0 Å². The third-order valence-electron chi connectivity index (χ3n) is 2.02. The highest BCUT2D eigenvalue weighted by Crippen LogP contribution is 2.24. The van der Waals surface area contributed by atoms with E-state index in [4.69, 9.17) is 0 Å². The van der Waals surface area contributed by atoms with Crippen molar-refractivity contribution in [2.75, 3.05) is 0 Å². The molecule has 0 aromatic heterocycles. The van der Waals surface area contributed by atoms with Crippen LogP contribution in [-0.2, 0) is 6.54 Å². The van der Waals surface area contributed by atoms with Gasteiger partial charge in [-0.05, 0) is 24.1 Å². The molecule has 0 amide bonds. The van der Waals surface area contributed by atoms with E-state index in [-0.39, 0.29) is 0 Å². The summed E-state index contributed by atoms with van der Waals surface area (Å²) in [5.41, 5.74) is 3.92. The number of nitrogens with zero attached hydrogens (tertiary/aromatic N) is 1. The fraction of sp³-hybridized carbons (Fsp3) is 0.222. The lowest BCUT2D eigenvalue weighted by Gasteiger charge is -2.02. The minimum absolute atomic E-state index is 0.851. The first kappa shape index (κ1) is 7.04. The Labute approximate surface area is 74.3 Å². The monoisotopic (exact) mass is 209 g/mol. The van der Waals surface area contributed by atoms with E-state index >= 15 is 0 Å². The lowest BCUT2D eigenvalue weighted by atomic mass is 10.1. The van der Waals surface area contributed by atoms with Crippen LogP contribution in [0.4, 0.5) is 0 Å². The van der Waals surface area contributed by atoms with Gasteiger partial charge in [0.1, 0.15) is 0 Å². The van der Waals surface area contributed by atoms with E-state index in [0.29, 0.717) is 0 Å². The SMILES string of the molecule is Cc1c(Br)ccc2c1C=NC2. The van der Waals surface area contributed by atoms with Gasteiger partial charge in [-0.2, -0.15) is 0 Å². The van der Waals surface area contributed by atoms with Crippen molar-refractivity contribution in [1.29, 1.82) is 0 Å². The number of halogens is 1. The summed E-state index contributed by atoms with van der Waals surface area (Å²) >= 11 is 3.49. The number of hydrogen-bond donors (Lipinski definition) is 0. The fourth-order valence-corrected chi connectivity index (χ4v) is 1.66. The number of rotatable bonds is 0. The number of benzene rings is 1. The fourth-order valence-electron chi connectivity index (χ4n) is 1.31. The summed E-state index contributed by atoms with van der Waals surface area (Å²) in [4.78, 5) is 4.21. The molecule has 1 aromatic rings. The zero-order valence-corrected chi connectivity index (χ0v) is 7.85. The summed E-state index contributed by atoms with van der Waals surface area (Å²) in [6, 6.07) is 4.21. The summed E-state index contributed by atoms with van der Waals surface area (Å²) in [6.07, 6.45) is 1.95. The van der Waals surface area contributed by atoms with Crippen molar-refractivity contribution >= 4 is 22.1 Å². The van der Waals surface area contributed by atoms with Gasteiger partial charge < -0.3 is 0 Å². The van der Waals surface area contributed by atoms with Crippen LogP contribution in [0, 0.1) is 6.92 Å². The number of hydrogen-bond acceptors (Lipinski definition) is 1. The molecule has 0 spiro atoms. The Morgan fingerprint density at radius 1 is 1.45 bits per heavy atom. The lowest BCUT2D eigenvalue weighted by molar-refractivity contribution is 1.11. The molecule has 56 valence electrons. The Morgan fingerprint density at radius 2 is 2.27 bits per heavy atom. The molecule has 1 aliphatic rings. The smallest absolute Gasteiger partial charge is 0.0646 e. The van der Waals surface area contributed by atoms with E-state index in [1.807, 2.05) is 6.21 Å². The molecule has 1 heterocycles. The average Bonchev–Trinajstić information content (AvgIpc) is 2.45. The summed E-state index contributed by atoms with van der Waals surface area (Å²) < 4.78 is 1.17. The second kappa shape index (κ2) is 2.45. The van der Waals surface area contributed by atoms with Crippen LogP contribution < -0.4 is 0 Å². The molecule has 11 heavy (non-hydrogen) atoms. The molecule has 2 rings (SSSR count). The summed E-state index contributed by atoms with van der Waals surface area (Å²) in [6.45, 7) is 2.96. The highest BCUT2D eigenvalue weighted by molar-refractivity contribution is 9.10. The molecule has 0 radical (unpaired) electrons. The van der Waals surface area contributed by atoms with E-state index in [2.05, 4.69) is 40.0 Å². The molecule has 0 bridgehead atoms. The second-order valence-corrected chi connectivity index (χ2v) is 3.57. The van der Waals surface area contributed by atoms with Crippen molar-refractivity contribution in [3.05, 3.63) is 33.3 Å². The topological polar surface area (TPSA) is 12.4 Å². The van der Waals surface area contributed by atoms with Crippen LogP contribution in [0.3, 0.4) is 0 Å². The normalized spacial score (nSPS) is 13.6. The average molecular weight is 210 g/mol. The molecule has 0 saturated heterocycles. The van der Waals surface area contributed by atoms with Gasteiger partial charge in [-0.15, -0.1) is 0 Å². The maximum Gasteiger partial charge on any atom is 0.0646 e. The van der Waals surface area contributed by atoms with Crippen molar-refractivity contribution in [3.8, 4) is 0 Å². The van der Waals surface area contributed by atoms with Gasteiger partial charge in [0, 0.05) is 16.3 Å². The minimum atomic E-state index is 0.851. The van der Waals surface area contributed by atoms with Crippen LogP contribution >= 0.6 is 15.9 Å². The molecule has 0 unspecified atom stereocenters. The van der Waals surface area contributed by atoms with E-state index in [1.54, 1.807) is 0 Å². The van der Waals surface area contributed by atoms with Crippen LogP contribution in [-0.4, -0.2) is 6.21 Å². The van der Waals surface area contributed by atoms with Gasteiger partial charge in [0.25, 0.3) is 0 Å². The molecule has 2 heteroatoms. The lowest BCUT2D eigenvalue weighted by Crippen LogP contribution is -1.89. The first-order valence-electron chi connectivity index (χ1n) is 3.57. The van der Waals surface area contributed by atoms with Crippen LogP contribution in [0.5, 0.6) is 0 Å². The molecule has 0 fully saturated rings. The Kier molecular flexibility index (Phi) is 1.57. The van der Waals surface area contributed by atoms with E-state index in [9.17, 15) is 0 Å². The zero-order valence-electron chi connectivity index (χ0n) is 6.26. The number of fused-ring (bicyclic) bond motifs is 1. The molecule has 1 aromatic carbocycles. The summed E-state index contributed by atoms with van der Waals surface area (Å²) in [5, 5.41) is 0. The highest BCUT2D eigenvalue weighted by atomic mass is 79.9. The van der Waals surface area contributed by atoms with Crippen molar-refractivity contribution in [2.45, 2.75) is 13.5 Å². The van der Waals surface area contributed by atoms with Crippen LogP contribution in [0.2, 0.25) is 0 Å². The van der Waals surface area contributed by atoms with Gasteiger partial charge in [0.2, 0.25) is 0 Å². The third-order valence-corrected chi connectivity index (χ3v) is 2.88. The Morgan fingerprint density at radius 3 is 3.09 bits per heavy atom. The van der Waals surface area contributed by atoms with E-state index in [0.717, 1.165) is 6.54 Å². The van der Waals surface area contributed by atoms with Crippen molar-refractivity contribution in [2.24, 2.45) is 4.99 Å². The quantitative estimate of drug-likeness (QED) is 0.624. The van der Waals surface area contributed by atoms with E-state index in [1.165, 1.54) is 21.2 Å². The predicted molar refractivity (Wildman–Crippen MR) is 50.2 cm³/mol. The zero-order chi connectivity index (χ0) is 7.84. The standard InChI is InChI=1S/C9H8BrN/c1-6-8-5-11-4-7(8)2-3-9(6)10/h2-3,5H,4H2,1H3. The van der Waals surface area contributed by atoms with Gasteiger partial charge in [-0.1, -0.05) is 22.0 Å². The molecule has 0 aliphatic carbocycles. The molecule has 1 nitrogen and oxygen atoms in total. The molecule has 0 N–H and O–H groups in total. The Hall–Kier alpha value is -0.630. The van der Waals surface area contributed by atoms with Crippen molar-refractivity contribution < 1.29 is 0 Å². The van der Waals surface area contributed by atoms with Gasteiger partial charge >= 0.3 is 0 Å². The van der Waals surface area contributed by atoms with Gasteiger partial charge in [-0.3, -0.25) is 4.99 Å². The van der Waals surface area contributed by atoms with Crippen LogP contribution in [0.15, 0.2) is 21.6 Å². The molecule has 0 atom stereocenters. The third kappa shape index (κ3) is 1.02. The molecule has 0 saturated carbocycles. The first-order valence-corrected chi connectivity index (χ1v) is 4.36. The summed E-state index contributed by atoms with van der Waals surface area (Å²) in [7, 11) is 0. The Bertz CT molecular complexity index is 329. The summed E-state index contributed by atoms with van der Waals surface area (Å²) in [5.74, 6) is 0. The van der Waals surface area contributed by atoms with Gasteiger partial charge in [0.05, 0.1) is 6.54 Å². The largest absolute Gasteiger partial charge is 0.288 e. The van der Waals surface area contributed by atoms with Crippen molar-refractivity contribution in [3.63, 3.8) is 0 Å². The van der Waals surface area contributed by atoms with E-state index < -0.39 is 0 Å². The van der Waals surface area contributed by atoms with Crippen LogP contribution in [0.25, 0.3) is 0 Å². The maximum absolute atomic E-state index is 4.21. The molecular formula is C9H8BrN. The van der Waals surface area contributed by atoms with Crippen molar-refractivity contribution in [1.82, 2.24) is 0 Å². The maximum atomic E-state index is 4.21. The second-order valence-electron chi connectivity index (χ2n) is 2.71. The predicted octanol–water partition coefficient (Wildman–Crippen LogP) is 2.69. The first-order chi connectivity index (χ1) is 5.29. The molecule has 1 aliphatic heterocycles.